The van der Waals surface area contributed by atoms with Gasteiger partial charge in [0.1, 0.15) is 9.81 Å². The monoisotopic (exact) mass is 206 g/mol. The molecule has 0 radical (unpaired) electrons. The first-order valence-corrected chi connectivity index (χ1v) is 5.06. The quantitative estimate of drug-likeness (QED) is 0.697. The van der Waals surface area contributed by atoms with Crippen LogP contribution in [-0.2, 0) is 9.59 Å². The van der Waals surface area contributed by atoms with Gasteiger partial charge in [-0.1, -0.05) is 0 Å². The van der Waals surface area contributed by atoms with Gasteiger partial charge in [0.05, 0.1) is 0 Å². The van der Waals surface area contributed by atoms with Crippen molar-refractivity contribution in [3.05, 3.63) is 9.81 Å². The first kappa shape index (κ1) is 9.47. The van der Waals surface area contributed by atoms with Crippen molar-refractivity contribution in [2.45, 2.75) is 0 Å². The van der Waals surface area contributed by atoms with E-state index in [4.69, 9.17) is 10.2 Å². The van der Waals surface area contributed by atoms with E-state index in [1.165, 1.54) is 0 Å². The fourth-order valence-corrected chi connectivity index (χ4v) is 2.85. The Bertz CT molecular complexity index is 232. The summed E-state index contributed by atoms with van der Waals surface area (Å²) in [6.45, 7) is 0. The lowest BCUT2D eigenvalue weighted by Crippen LogP contribution is -2.12. The third-order valence-corrected chi connectivity index (χ3v) is 3.71. The van der Waals surface area contributed by atoms with Crippen molar-refractivity contribution >= 4 is 35.5 Å². The number of rotatable bonds is 2. The van der Waals surface area contributed by atoms with Crippen molar-refractivity contribution in [3.63, 3.8) is 0 Å². The number of carbonyl (C=O) groups is 2. The third kappa shape index (κ3) is 1.95. The molecule has 0 atom stereocenters. The molecule has 0 bridgehead atoms. The Hall–Kier alpha value is -0.620. The second kappa shape index (κ2) is 3.86. The highest BCUT2D eigenvalue weighted by atomic mass is 32.2. The van der Waals surface area contributed by atoms with Gasteiger partial charge in [-0.2, -0.15) is 0 Å². The predicted molar refractivity (Wildman–Crippen MR) is 47.2 cm³/mol. The molecule has 0 aromatic heterocycles. The van der Waals surface area contributed by atoms with Gasteiger partial charge in [-0.15, -0.1) is 23.5 Å². The van der Waals surface area contributed by atoms with Gasteiger partial charge in [0.25, 0.3) is 0 Å². The Morgan fingerprint density at radius 2 is 1.33 bits per heavy atom. The number of thioether (sulfide) groups is 2. The summed E-state index contributed by atoms with van der Waals surface area (Å²) < 4.78 is 0. The topological polar surface area (TPSA) is 74.6 Å². The molecule has 0 spiro atoms. The summed E-state index contributed by atoms with van der Waals surface area (Å²) in [6.07, 6.45) is 0. The summed E-state index contributed by atoms with van der Waals surface area (Å²) in [4.78, 5) is 20.9. The zero-order valence-electron chi connectivity index (χ0n) is 5.94. The molecule has 1 aliphatic rings. The van der Waals surface area contributed by atoms with Gasteiger partial charge >= 0.3 is 11.9 Å². The van der Waals surface area contributed by atoms with E-state index in [1.807, 2.05) is 0 Å². The molecule has 0 saturated carbocycles. The summed E-state index contributed by atoms with van der Waals surface area (Å²) in [5, 5.41) is 17.2. The van der Waals surface area contributed by atoms with Gasteiger partial charge in [0.2, 0.25) is 0 Å². The minimum absolute atomic E-state index is 0.0428. The van der Waals surface area contributed by atoms with Crippen molar-refractivity contribution in [2.24, 2.45) is 0 Å². The van der Waals surface area contributed by atoms with Crippen LogP contribution in [0.15, 0.2) is 9.81 Å². The molecule has 0 saturated heterocycles. The van der Waals surface area contributed by atoms with Gasteiger partial charge in [0.15, 0.2) is 0 Å². The molecule has 1 heterocycles. The van der Waals surface area contributed by atoms with E-state index in [2.05, 4.69) is 0 Å². The summed E-state index contributed by atoms with van der Waals surface area (Å²) in [7, 11) is 0. The largest absolute Gasteiger partial charge is 0.477 e. The fourth-order valence-electron chi connectivity index (χ4n) is 0.736. The minimum atomic E-state index is -1.15. The van der Waals surface area contributed by atoms with Crippen LogP contribution in [0.5, 0.6) is 0 Å². The summed E-state index contributed by atoms with van der Waals surface area (Å²) in [6, 6.07) is 0. The number of hydrogen-bond donors (Lipinski definition) is 2. The fraction of sp³-hybridized carbons (Fsp3) is 0.333. The number of carboxylic acid groups (broad SMARTS) is 2. The maximum Gasteiger partial charge on any atom is 0.343 e. The molecule has 12 heavy (non-hydrogen) atoms. The van der Waals surface area contributed by atoms with Crippen LogP contribution < -0.4 is 0 Å². The van der Waals surface area contributed by atoms with Crippen LogP contribution >= 0.6 is 23.5 Å². The highest BCUT2D eigenvalue weighted by molar-refractivity contribution is 8.11. The first-order valence-electron chi connectivity index (χ1n) is 3.09. The van der Waals surface area contributed by atoms with Crippen molar-refractivity contribution in [2.75, 3.05) is 11.5 Å². The number of aliphatic carboxylic acids is 2. The SMILES string of the molecule is O=C(O)C1=C(C(=O)O)SCCS1. The highest BCUT2D eigenvalue weighted by Crippen LogP contribution is 2.33. The van der Waals surface area contributed by atoms with E-state index in [1.54, 1.807) is 0 Å². The molecule has 4 nitrogen and oxygen atoms in total. The summed E-state index contributed by atoms with van der Waals surface area (Å²) >= 11 is 2.17. The Balaban J connectivity index is 2.99. The van der Waals surface area contributed by atoms with Gasteiger partial charge in [-0.25, -0.2) is 9.59 Å². The molecule has 0 aromatic rings. The normalized spacial score (nSPS) is 17.7. The van der Waals surface area contributed by atoms with E-state index < -0.39 is 11.9 Å². The molecule has 0 aliphatic carbocycles. The second-order valence-corrected chi connectivity index (χ2v) is 4.18. The molecule has 66 valence electrons. The zero-order valence-corrected chi connectivity index (χ0v) is 7.57. The van der Waals surface area contributed by atoms with Crippen molar-refractivity contribution in [3.8, 4) is 0 Å². The molecule has 2 N–H and O–H groups in total. The van der Waals surface area contributed by atoms with Crippen LogP contribution in [0.25, 0.3) is 0 Å². The van der Waals surface area contributed by atoms with E-state index in [-0.39, 0.29) is 9.81 Å². The van der Waals surface area contributed by atoms with E-state index >= 15 is 0 Å². The summed E-state index contributed by atoms with van der Waals surface area (Å²) in [5.74, 6) is -0.985. The van der Waals surface area contributed by atoms with Crippen LogP contribution in [-0.4, -0.2) is 33.7 Å². The Morgan fingerprint density at radius 3 is 1.58 bits per heavy atom. The Kier molecular flexibility index (Phi) is 3.05. The molecule has 1 rings (SSSR count). The van der Waals surface area contributed by atoms with Gasteiger partial charge in [0, 0.05) is 11.5 Å². The van der Waals surface area contributed by atoms with Crippen LogP contribution in [0.1, 0.15) is 0 Å². The van der Waals surface area contributed by atoms with Gasteiger partial charge < -0.3 is 10.2 Å². The lowest BCUT2D eigenvalue weighted by Gasteiger charge is -2.12. The molecule has 0 fully saturated rings. The van der Waals surface area contributed by atoms with Crippen molar-refractivity contribution in [1.82, 2.24) is 0 Å². The van der Waals surface area contributed by atoms with Crippen LogP contribution in [0.3, 0.4) is 0 Å². The maximum atomic E-state index is 10.5. The molecule has 0 unspecified atom stereocenters. The smallest absolute Gasteiger partial charge is 0.343 e. The molecular weight excluding hydrogens is 200 g/mol. The zero-order chi connectivity index (χ0) is 9.14. The molecule has 0 aromatic carbocycles. The third-order valence-electron chi connectivity index (χ3n) is 1.17. The molecule has 6 heteroatoms. The average molecular weight is 206 g/mol. The van der Waals surface area contributed by atoms with Crippen molar-refractivity contribution in [1.29, 1.82) is 0 Å². The highest BCUT2D eigenvalue weighted by Gasteiger charge is 2.24. The second-order valence-electron chi connectivity index (χ2n) is 1.97. The standard InChI is InChI=1S/C6H6O4S2/c7-5(8)3-4(6(9)10)12-2-1-11-3/h1-2H2,(H,7,8)(H,9,10). The van der Waals surface area contributed by atoms with E-state index in [0.29, 0.717) is 11.5 Å². The maximum absolute atomic E-state index is 10.5. The average Bonchev–Trinajstić information content (AvgIpc) is 2.04. The molecular formula is C6H6O4S2. The van der Waals surface area contributed by atoms with Crippen LogP contribution in [0, 0.1) is 0 Å². The molecule has 0 amide bonds. The molecule has 1 aliphatic heterocycles. The number of hydrogen-bond acceptors (Lipinski definition) is 4. The lowest BCUT2D eigenvalue weighted by molar-refractivity contribution is -0.134. The predicted octanol–water partition coefficient (Wildman–Crippen LogP) is 0.847. The minimum Gasteiger partial charge on any atom is -0.477 e. The van der Waals surface area contributed by atoms with E-state index in [0.717, 1.165) is 23.5 Å². The lowest BCUT2D eigenvalue weighted by atomic mass is 10.5. The van der Waals surface area contributed by atoms with Crippen LogP contribution in [0.2, 0.25) is 0 Å². The number of carboxylic acids is 2. The van der Waals surface area contributed by atoms with E-state index in [9.17, 15) is 9.59 Å². The van der Waals surface area contributed by atoms with Gasteiger partial charge in [-0.05, 0) is 0 Å². The van der Waals surface area contributed by atoms with Crippen LogP contribution in [0.4, 0.5) is 0 Å². The summed E-state index contributed by atoms with van der Waals surface area (Å²) in [5.41, 5.74) is 0. The Morgan fingerprint density at radius 1 is 1.00 bits per heavy atom. The Labute approximate surface area is 77.0 Å². The van der Waals surface area contributed by atoms with Crippen molar-refractivity contribution < 1.29 is 19.8 Å². The first-order chi connectivity index (χ1) is 5.63. The van der Waals surface area contributed by atoms with Gasteiger partial charge in [-0.3, -0.25) is 0 Å².